The smallest absolute Gasteiger partial charge is 0.244 e. The standard InChI is InChI=1S/C12H20N2O3S/c1-4-14(9-10-15)11-7-5-6-8-12(11)18(16,17)13(2)3/h5-8,15H,4,9-10H2,1-3H3. The molecule has 1 aromatic rings. The minimum atomic E-state index is -3.47. The fraction of sp³-hybridized carbons (Fsp3) is 0.500. The van der Waals surface area contributed by atoms with Gasteiger partial charge in [-0.2, -0.15) is 0 Å². The van der Waals surface area contributed by atoms with Crippen molar-refractivity contribution in [2.75, 3.05) is 38.7 Å². The van der Waals surface area contributed by atoms with Gasteiger partial charge in [0.05, 0.1) is 12.3 Å². The van der Waals surface area contributed by atoms with Crippen molar-refractivity contribution in [1.82, 2.24) is 4.31 Å². The van der Waals surface area contributed by atoms with Gasteiger partial charge in [0.1, 0.15) is 4.90 Å². The number of aliphatic hydroxyl groups excluding tert-OH is 1. The van der Waals surface area contributed by atoms with Crippen molar-refractivity contribution in [3.8, 4) is 0 Å². The number of hydrogen-bond acceptors (Lipinski definition) is 4. The van der Waals surface area contributed by atoms with E-state index in [9.17, 15) is 8.42 Å². The Labute approximate surface area is 109 Å². The van der Waals surface area contributed by atoms with E-state index in [4.69, 9.17) is 5.11 Å². The van der Waals surface area contributed by atoms with Crippen LogP contribution in [0.25, 0.3) is 0 Å². The van der Waals surface area contributed by atoms with Crippen LogP contribution in [0.5, 0.6) is 0 Å². The van der Waals surface area contributed by atoms with Gasteiger partial charge in [-0.1, -0.05) is 12.1 Å². The van der Waals surface area contributed by atoms with Crippen LogP contribution in [0.2, 0.25) is 0 Å². The highest BCUT2D eigenvalue weighted by molar-refractivity contribution is 7.89. The zero-order valence-corrected chi connectivity index (χ0v) is 11.8. The summed E-state index contributed by atoms with van der Waals surface area (Å²) in [7, 11) is -0.454. The molecule has 0 aliphatic carbocycles. The normalized spacial score (nSPS) is 11.8. The molecule has 5 nitrogen and oxygen atoms in total. The van der Waals surface area contributed by atoms with E-state index in [0.717, 1.165) is 0 Å². The largest absolute Gasteiger partial charge is 0.395 e. The van der Waals surface area contributed by atoms with Crippen LogP contribution in [0.1, 0.15) is 6.92 Å². The van der Waals surface area contributed by atoms with Gasteiger partial charge in [0.15, 0.2) is 0 Å². The molecule has 0 aliphatic heterocycles. The zero-order valence-electron chi connectivity index (χ0n) is 11.0. The molecular weight excluding hydrogens is 252 g/mol. The molecule has 1 aromatic carbocycles. The maximum Gasteiger partial charge on any atom is 0.244 e. The molecule has 102 valence electrons. The zero-order chi connectivity index (χ0) is 13.8. The van der Waals surface area contributed by atoms with Crippen molar-refractivity contribution in [3.63, 3.8) is 0 Å². The number of rotatable bonds is 6. The number of para-hydroxylation sites is 1. The summed E-state index contributed by atoms with van der Waals surface area (Å²) in [6, 6.07) is 6.84. The van der Waals surface area contributed by atoms with Crippen molar-refractivity contribution >= 4 is 15.7 Å². The Hall–Kier alpha value is -1.11. The molecule has 18 heavy (non-hydrogen) atoms. The number of benzene rings is 1. The van der Waals surface area contributed by atoms with Crippen LogP contribution >= 0.6 is 0 Å². The predicted molar refractivity (Wildman–Crippen MR) is 72.3 cm³/mol. The highest BCUT2D eigenvalue weighted by Crippen LogP contribution is 2.26. The highest BCUT2D eigenvalue weighted by Gasteiger charge is 2.22. The minimum Gasteiger partial charge on any atom is -0.395 e. The van der Waals surface area contributed by atoms with Gasteiger partial charge < -0.3 is 10.0 Å². The highest BCUT2D eigenvalue weighted by atomic mass is 32.2. The third-order valence-electron chi connectivity index (χ3n) is 2.72. The van der Waals surface area contributed by atoms with Crippen molar-refractivity contribution in [2.24, 2.45) is 0 Å². The Morgan fingerprint density at radius 1 is 1.22 bits per heavy atom. The molecule has 0 saturated carbocycles. The van der Waals surface area contributed by atoms with E-state index in [1.165, 1.54) is 18.4 Å². The molecular formula is C12H20N2O3S. The van der Waals surface area contributed by atoms with E-state index in [0.29, 0.717) is 18.8 Å². The lowest BCUT2D eigenvalue weighted by Gasteiger charge is -2.25. The molecule has 0 heterocycles. The molecule has 0 atom stereocenters. The summed E-state index contributed by atoms with van der Waals surface area (Å²) >= 11 is 0. The number of aliphatic hydroxyl groups is 1. The maximum absolute atomic E-state index is 12.2. The number of likely N-dealkylation sites (N-methyl/N-ethyl adjacent to an activating group) is 1. The van der Waals surface area contributed by atoms with Gasteiger partial charge in [0.25, 0.3) is 0 Å². The van der Waals surface area contributed by atoms with E-state index in [2.05, 4.69) is 0 Å². The molecule has 0 unspecified atom stereocenters. The summed E-state index contributed by atoms with van der Waals surface area (Å²) in [5.41, 5.74) is 0.628. The van der Waals surface area contributed by atoms with E-state index >= 15 is 0 Å². The van der Waals surface area contributed by atoms with Gasteiger partial charge >= 0.3 is 0 Å². The third kappa shape index (κ3) is 3.01. The van der Waals surface area contributed by atoms with Crippen LogP contribution in [0.4, 0.5) is 5.69 Å². The monoisotopic (exact) mass is 272 g/mol. The van der Waals surface area contributed by atoms with Crippen LogP contribution < -0.4 is 4.90 Å². The van der Waals surface area contributed by atoms with Crippen molar-refractivity contribution in [3.05, 3.63) is 24.3 Å². The third-order valence-corrected chi connectivity index (χ3v) is 4.58. The van der Waals surface area contributed by atoms with Gasteiger partial charge in [-0.05, 0) is 19.1 Å². The summed E-state index contributed by atoms with van der Waals surface area (Å²) in [5, 5.41) is 9.03. The van der Waals surface area contributed by atoms with Gasteiger partial charge in [-0.25, -0.2) is 12.7 Å². The minimum absolute atomic E-state index is 0.00974. The van der Waals surface area contributed by atoms with Crippen LogP contribution in [0.3, 0.4) is 0 Å². The van der Waals surface area contributed by atoms with Crippen molar-refractivity contribution < 1.29 is 13.5 Å². The summed E-state index contributed by atoms with van der Waals surface area (Å²) in [4.78, 5) is 2.11. The molecule has 1 N–H and O–H groups in total. The average Bonchev–Trinajstić information content (AvgIpc) is 2.35. The lowest BCUT2D eigenvalue weighted by Crippen LogP contribution is -2.30. The second-order valence-corrected chi connectivity index (χ2v) is 6.18. The first-order valence-corrected chi connectivity index (χ1v) is 7.26. The topological polar surface area (TPSA) is 60.9 Å². The Morgan fingerprint density at radius 2 is 1.83 bits per heavy atom. The molecule has 0 aliphatic rings. The quantitative estimate of drug-likeness (QED) is 0.830. The second-order valence-electron chi connectivity index (χ2n) is 4.06. The second kappa shape index (κ2) is 6.17. The molecule has 0 bridgehead atoms. The van der Waals surface area contributed by atoms with Crippen LogP contribution in [0.15, 0.2) is 29.2 Å². The number of nitrogens with zero attached hydrogens (tertiary/aromatic N) is 2. The first-order valence-electron chi connectivity index (χ1n) is 5.82. The van der Waals surface area contributed by atoms with Crippen molar-refractivity contribution in [1.29, 1.82) is 0 Å². The molecule has 0 radical (unpaired) electrons. The predicted octanol–water partition coefficient (Wildman–Crippen LogP) is 0.756. The molecule has 0 spiro atoms. The molecule has 0 amide bonds. The van der Waals surface area contributed by atoms with E-state index in [-0.39, 0.29) is 11.5 Å². The maximum atomic E-state index is 12.2. The Morgan fingerprint density at radius 3 is 2.33 bits per heavy atom. The van der Waals surface area contributed by atoms with Crippen LogP contribution in [0, 0.1) is 0 Å². The number of anilines is 1. The van der Waals surface area contributed by atoms with Gasteiger partial charge in [0, 0.05) is 27.2 Å². The lowest BCUT2D eigenvalue weighted by molar-refractivity contribution is 0.302. The number of sulfonamides is 1. The number of hydrogen-bond donors (Lipinski definition) is 1. The Kier molecular flexibility index (Phi) is 5.13. The Balaban J connectivity index is 3.30. The van der Waals surface area contributed by atoms with Crippen molar-refractivity contribution in [2.45, 2.75) is 11.8 Å². The fourth-order valence-corrected chi connectivity index (χ4v) is 2.81. The summed E-state index contributed by atoms with van der Waals surface area (Å²) in [6.07, 6.45) is 0. The van der Waals surface area contributed by atoms with Gasteiger partial charge in [-0.15, -0.1) is 0 Å². The van der Waals surface area contributed by atoms with Gasteiger partial charge in [-0.3, -0.25) is 0 Å². The lowest BCUT2D eigenvalue weighted by atomic mass is 10.3. The molecule has 0 saturated heterocycles. The summed E-state index contributed by atoms with van der Waals surface area (Å²) in [5.74, 6) is 0. The van der Waals surface area contributed by atoms with Crippen LogP contribution in [-0.4, -0.2) is 51.6 Å². The van der Waals surface area contributed by atoms with Crippen LogP contribution in [-0.2, 0) is 10.0 Å². The average molecular weight is 272 g/mol. The SMILES string of the molecule is CCN(CCO)c1ccccc1S(=O)(=O)N(C)C. The van der Waals surface area contributed by atoms with E-state index in [1.807, 2.05) is 11.8 Å². The first-order chi connectivity index (χ1) is 8.45. The summed E-state index contributed by atoms with van der Waals surface area (Å²) < 4.78 is 25.6. The molecule has 0 aromatic heterocycles. The fourth-order valence-electron chi connectivity index (χ4n) is 1.70. The van der Waals surface area contributed by atoms with E-state index in [1.54, 1.807) is 24.3 Å². The molecule has 0 fully saturated rings. The molecule has 6 heteroatoms. The van der Waals surface area contributed by atoms with E-state index < -0.39 is 10.0 Å². The summed E-state index contributed by atoms with van der Waals surface area (Å²) in [6.45, 7) is 2.97. The molecule has 1 rings (SSSR count). The Bertz CT molecular complexity index is 486. The van der Waals surface area contributed by atoms with Gasteiger partial charge in [0.2, 0.25) is 10.0 Å². The first kappa shape index (κ1) is 14.9.